The van der Waals surface area contributed by atoms with E-state index in [0.717, 1.165) is 38.9 Å². The lowest BCUT2D eigenvalue weighted by Crippen LogP contribution is -2.39. The molecule has 0 aromatic rings. The molecule has 0 heterocycles. The van der Waals surface area contributed by atoms with E-state index in [1.165, 1.54) is 12.8 Å². The third-order valence-electron chi connectivity index (χ3n) is 4.74. The number of rotatable bonds is 6. The van der Waals surface area contributed by atoms with Crippen LogP contribution in [0.5, 0.6) is 0 Å². The number of hydrogen-bond donors (Lipinski definition) is 0. The Morgan fingerprint density at radius 3 is 2.47 bits per heavy atom. The fourth-order valence-electron chi connectivity index (χ4n) is 3.15. The fourth-order valence-corrected chi connectivity index (χ4v) is 3.15. The van der Waals surface area contributed by atoms with Gasteiger partial charge in [-0.1, -0.05) is 41.0 Å². The summed E-state index contributed by atoms with van der Waals surface area (Å²) < 4.78 is 0. The highest BCUT2D eigenvalue weighted by atomic mass is 16.1. The lowest BCUT2D eigenvalue weighted by atomic mass is 9.68. The molecule has 0 aromatic carbocycles. The maximum Gasteiger partial charge on any atom is 0.137 e. The first-order valence-corrected chi connectivity index (χ1v) is 8.13. The summed E-state index contributed by atoms with van der Waals surface area (Å²) in [5, 5.41) is 0. The lowest BCUT2D eigenvalue weighted by Gasteiger charge is -2.38. The molecule has 0 amide bonds. The van der Waals surface area contributed by atoms with Gasteiger partial charge in [0.25, 0.3) is 0 Å². The third-order valence-corrected chi connectivity index (χ3v) is 4.74. The molecular formula is C17H33NO. The van der Waals surface area contributed by atoms with E-state index in [1.54, 1.807) is 0 Å². The molecule has 1 fully saturated rings. The second kappa shape index (κ2) is 7.42. The van der Waals surface area contributed by atoms with Crippen molar-refractivity contribution >= 4 is 5.78 Å². The van der Waals surface area contributed by atoms with Gasteiger partial charge in [-0.15, -0.1) is 0 Å². The zero-order valence-corrected chi connectivity index (χ0v) is 13.7. The molecule has 0 aliphatic heterocycles. The highest BCUT2D eigenvalue weighted by Gasteiger charge is 2.35. The van der Waals surface area contributed by atoms with Crippen molar-refractivity contribution in [3.63, 3.8) is 0 Å². The molecule has 0 aromatic heterocycles. The normalized spacial score (nSPS) is 25.1. The molecule has 2 unspecified atom stereocenters. The van der Waals surface area contributed by atoms with Gasteiger partial charge in [0.05, 0.1) is 0 Å². The van der Waals surface area contributed by atoms with Crippen molar-refractivity contribution in [2.75, 3.05) is 19.6 Å². The lowest BCUT2D eigenvalue weighted by molar-refractivity contribution is -0.127. The van der Waals surface area contributed by atoms with Crippen LogP contribution < -0.4 is 0 Å². The van der Waals surface area contributed by atoms with Gasteiger partial charge in [-0.2, -0.15) is 0 Å². The van der Waals surface area contributed by atoms with Crippen LogP contribution in [0.15, 0.2) is 0 Å². The Morgan fingerprint density at radius 2 is 1.95 bits per heavy atom. The first-order chi connectivity index (χ1) is 8.88. The zero-order valence-electron chi connectivity index (χ0n) is 13.7. The van der Waals surface area contributed by atoms with Crippen LogP contribution in [0.25, 0.3) is 0 Å². The number of nitrogens with zero attached hydrogens (tertiary/aromatic N) is 1. The number of carbonyl (C=O) groups is 1. The Bertz CT molecular complexity index is 279. The summed E-state index contributed by atoms with van der Waals surface area (Å²) in [5.74, 6) is 1.50. The van der Waals surface area contributed by atoms with Crippen molar-refractivity contribution in [1.29, 1.82) is 0 Å². The van der Waals surface area contributed by atoms with Gasteiger partial charge in [-0.25, -0.2) is 0 Å². The Balaban J connectivity index is 2.56. The van der Waals surface area contributed by atoms with E-state index in [0.29, 0.717) is 17.1 Å². The van der Waals surface area contributed by atoms with Crippen molar-refractivity contribution in [1.82, 2.24) is 4.90 Å². The van der Waals surface area contributed by atoms with Gasteiger partial charge in [0.1, 0.15) is 5.78 Å². The molecule has 1 rings (SSSR count). The molecule has 0 bridgehead atoms. The van der Waals surface area contributed by atoms with Crippen LogP contribution in [0, 0.1) is 17.3 Å². The summed E-state index contributed by atoms with van der Waals surface area (Å²) in [4.78, 5) is 14.6. The number of Topliss-reactive ketones (excluding diaryl/α,β-unsaturated/α-hetero) is 1. The molecule has 0 N–H and O–H groups in total. The molecule has 0 spiro atoms. The second-order valence-corrected chi connectivity index (χ2v) is 7.25. The van der Waals surface area contributed by atoms with Gasteiger partial charge in [0.15, 0.2) is 0 Å². The fraction of sp³-hybridized carbons (Fsp3) is 0.941. The number of unbranched alkanes of at least 4 members (excludes halogenated alkanes) is 1. The average molecular weight is 267 g/mol. The van der Waals surface area contributed by atoms with Gasteiger partial charge in [0, 0.05) is 18.9 Å². The summed E-state index contributed by atoms with van der Waals surface area (Å²) in [6.07, 6.45) is 5.49. The summed E-state index contributed by atoms with van der Waals surface area (Å²) in [6.45, 7) is 14.6. The number of ketones is 1. The number of carbonyl (C=O) groups excluding carboxylic acids is 1. The molecule has 19 heavy (non-hydrogen) atoms. The van der Waals surface area contributed by atoms with Gasteiger partial charge in [0.2, 0.25) is 0 Å². The highest BCUT2D eigenvalue weighted by molar-refractivity contribution is 5.82. The Kier molecular flexibility index (Phi) is 6.52. The van der Waals surface area contributed by atoms with Gasteiger partial charge < -0.3 is 4.90 Å². The molecule has 1 saturated carbocycles. The largest absolute Gasteiger partial charge is 0.303 e. The summed E-state index contributed by atoms with van der Waals surface area (Å²) in [5.41, 5.74) is 0.347. The smallest absolute Gasteiger partial charge is 0.137 e. The average Bonchev–Trinajstić information content (AvgIpc) is 2.35. The van der Waals surface area contributed by atoms with E-state index in [-0.39, 0.29) is 5.92 Å². The SMILES string of the molecule is CCCCN(CC)CC1CC(C(C)(C)C)CCC1=O. The maximum atomic E-state index is 12.2. The quantitative estimate of drug-likeness (QED) is 0.721. The first-order valence-electron chi connectivity index (χ1n) is 8.13. The third kappa shape index (κ3) is 5.25. The predicted octanol–water partition coefficient (Wildman–Crippen LogP) is 4.14. The minimum absolute atomic E-state index is 0.287. The van der Waals surface area contributed by atoms with Crippen LogP contribution in [0.1, 0.15) is 66.7 Å². The number of hydrogen-bond acceptors (Lipinski definition) is 2. The molecule has 2 atom stereocenters. The van der Waals surface area contributed by atoms with Crippen LogP contribution in [-0.4, -0.2) is 30.3 Å². The van der Waals surface area contributed by atoms with Crippen molar-refractivity contribution < 1.29 is 4.79 Å². The predicted molar refractivity (Wildman–Crippen MR) is 82.3 cm³/mol. The van der Waals surface area contributed by atoms with E-state index in [4.69, 9.17) is 0 Å². The second-order valence-electron chi connectivity index (χ2n) is 7.25. The molecule has 2 heteroatoms. The standard InChI is InChI=1S/C17H33NO/c1-6-8-11-18(7-2)13-14-12-15(17(3,4)5)9-10-16(14)19/h14-15H,6-13H2,1-5H3. The minimum Gasteiger partial charge on any atom is -0.303 e. The van der Waals surface area contributed by atoms with Crippen LogP contribution >= 0.6 is 0 Å². The summed E-state index contributed by atoms with van der Waals surface area (Å²) in [6, 6.07) is 0. The van der Waals surface area contributed by atoms with Crippen molar-refractivity contribution in [2.45, 2.75) is 66.7 Å². The summed E-state index contributed by atoms with van der Waals surface area (Å²) in [7, 11) is 0. The van der Waals surface area contributed by atoms with Crippen LogP contribution in [0.3, 0.4) is 0 Å². The Hall–Kier alpha value is -0.370. The van der Waals surface area contributed by atoms with E-state index in [2.05, 4.69) is 39.5 Å². The molecule has 1 aliphatic rings. The summed E-state index contributed by atoms with van der Waals surface area (Å²) >= 11 is 0. The zero-order chi connectivity index (χ0) is 14.5. The van der Waals surface area contributed by atoms with Gasteiger partial charge in [-0.05, 0) is 43.7 Å². The van der Waals surface area contributed by atoms with Crippen molar-refractivity contribution in [2.24, 2.45) is 17.3 Å². The topological polar surface area (TPSA) is 20.3 Å². The van der Waals surface area contributed by atoms with Gasteiger partial charge in [-0.3, -0.25) is 4.79 Å². The first kappa shape index (κ1) is 16.7. The van der Waals surface area contributed by atoms with E-state index >= 15 is 0 Å². The van der Waals surface area contributed by atoms with E-state index < -0.39 is 0 Å². The van der Waals surface area contributed by atoms with Gasteiger partial charge >= 0.3 is 0 Å². The molecule has 0 saturated heterocycles. The Labute approximate surface area is 119 Å². The monoisotopic (exact) mass is 267 g/mol. The minimum atomic E-state index is 0.287. The van der Waals surface area contributed by atoms with Crippen LogP contribution in [-0.2, 0) is 4.79 Å². The van der Waals surface area contributed by atoms with Crippen molar-refractivity contribution in [3.8, 4) is 0 Å². The Morgan fingerprint density at radius 1 is 1.26 bits per heavy atom. The van der Waals surface area contributed by atoms with Crippen molar-refractivity contribution in [3.05, 3.63) is 0 Å². The molecule has 1 aliphatic carbocycles. The molecule has 2 nitrogen and oxygen atoms in total. The maximum absolute atomic E-state index is 12.2. The highest BCUT2D eigenvalue weighted by Crippen LogP contribution is 2.39. The van der Waals surface area contributed by atoms with Crippen LogP contribution in [0.2, 0.25) is 0 Å². The van der Waals surface area contributed by atoms with E-state index in [9.17, 15) is 4.79 Å². The molecular weight excluding hydrogens is 234 g/mol. The molecule has 112 valence electrons. The van der Waals surface area contributed by atoms with Crippen LogP contribution in [0.4, 0.5) is 0 Å². The van der Waals surface area contributed by atoms with E-state index in [1.807, 2.05) is 0 Å². The molecule has 0 radical (unpaired) electrons.